The van der Waals surface area contributed by atoms with Crippen LogP contribution in [0.25, 0.3) is 10.4 Å². The van der Waals surface area contributed by atoms with E-state index in [2.05, 4.69) is 42.8 Å². The highest BCUT2D eigenvalue weighted by Crippen LogP contribution is 2.35. The molecule has 9 heteroatoms. The van der Waals surface area contributed by atoms with Crippen molar-refractivity contribution in [1.29, 1.82) is 0 Å². The molecule has 0 unspecified atom stereocenters. The lowest BCUT2D eigenvalue weighted by Gasteiger charge is -2.19. The SMILES string of the molecule is CCN(CC)CCNC(=O)c1ccc(-c2ccc(OCCN(CC)CC)c(OC)c2)s1.Cl.Cl. The van der Waals surface area contributed by atoms with E-state index in [0.717, 1.165) is 55.5 Å². The molecule has 1 heterocycles. The molecule has 1 aromatic heterocycles. The average Bonchev–Trinajstić information content (AvgIpc) is 3.30. The number of ether oxygens (including phenoxy) is 2. The van der Waals surface area contributed by atoms with Crippen LogP contribution in [0.5, 0.6) is 11.5 Å². The van der Waals surface area contributed by atoms with Crippen LogP contribution in [0.3, 0.4) is 0 Å². The van der Waals surface area contributed by atoms with Gasteiger partial charge in [-0.05, 0) is 62.1 Å². The molecule has 188 valence electrons. The lowest BCUT2D eigenvalue weighted by atomic mass is 10.1. The lowest BCUT2D eigenvalue weighted by Crippen LogP contribution is -2.34. The fourth-order valence-electron chi connectivity index (χ4n) is 3.33. The van der Waals surface area contributed by atoms with Gasteiger partial charge >= 0.3 is 0 Å². The zero-order valence-electron chi connectivity index (χ0n) is 20.4. The molecule has 2 rings (SSSR count). The zero-order chi connectivity index (χ0) is 22.6. The van der Waals surface area contributed by atoms with E-state index < -0.39 is 0 Å². The Balaban J connectivity index is 0.00000512. The Morgan fingerprint density at radius 1 is 0.909 bits per heavy atom. The number of thiophene rings is 1. The Morgan fingerprint density at radius 3 is 2.15 bits per heavy atom. The Kier molecular flexibility index (Phi) is 16.2. The summed E-state index contributed by atoms with van der Waals surface area (Å²) in [5.41, 5.74) is 1.01. The first-order chi connectivity index (χ1) is 15.1. The summed E-state index contributed by atoms with van der Waals surface area (Å²) in [6.07, 6.45) is 0. The molecule has 1 aromatic carbocycles. The average molecular weight is 521 g/mol. The number of rotatable bonds is 14. The molecular formula is C24H39Cl2N3O3S. The van der Waals surface area contributed by atoms with Crippen LogP contribution in [0.15, 0.2) is 30.3 Å². The summed E-state index contributed by atoms with van der Waals surface area (Å²) in [5.74, 6) is 1.42. The van der Waals surface area contributed by atoms with Gasteiger partial charge in [-0.15, -0.1) is 36.2 Å². The number of nitrogens with one attached hydrogen (secondary N) is 1. The van der Waals surface area contributed by atoms with E-state index in [1.807, 2.05) is 30.3 Å². The molecule has 33 heavy (non-hydrogen) atoms. The second-order valence-electron chi connectivity index (χ2n) is 7.19. The van der Waals surface area contributed by atoms with E-state index in [4.69, 9.17) is 9.47 Å². The van der Waals surface area contributed by atoms with Gasteiger partial charge < -0.3 is 24.6 Å². The quantitative estimate of drug-likeness (QED) is 0.378. The molecule has 0 atom stereocenters. The van der Waals surface area contributed by atoms with Crippen LogP contribution in [-0.2, 0) is 0 Å². The van der Waals surface area contributed by atoms with Crippen molar-refractivity contribution in [3.05, 3.63) is 35.2 Å². The van der Waals surface area contributed by atoms with Crippen molar-refractivity contribution < 1.29 is 14.3 Å². The first-order valence-corrected chi connectivity index (χ1v) is 12.0. The number of halogens is 2. The summed E-state index contributed by atoms with van der Waals surface area (Å²) < 4.78 is 11.5. The molecule has 0 fully saturated rings. The molecule has 2 aromatic rings. The number of hydrogen-bond acceptors (Lipinski definition) is 6. The summed E-state index contributed by atoms with van der Waals surface area (Å²) in [7, 11) is 1.65. The predicted octanol–water partition coefficient (Wildman–Crippen LogP) is 5.06. The van der Waals surface area contributed by atoms with Crippen LogP contribution in [-0.4, -0.2) is 75.2 Å². The molecule has 0 radical (unpaired) electrons. The highest BCUT2D eigenvalue weighted by molar-refractivity contribution is 7.17. The van der Waals surface area contributed by atoms with Crippen LogP contribution in [0, 0.1) is 0 Å². The van der Waals surface area contributed by atoms with Gasteiger partial charge in [-0.1, -0.05) is 27.7 Å². The first-order valence-electron chi connectivity index (χ1n) is 11.2. The van der Waals surface area contributed by atoms with Gasteiger partial charge in [0.15, 0.2) is 11.5 Å². The van der Waals surface area contributed by atoms with Crippen molar-refractivity contribution in [2.45, 2.75) is 27.7 Å². The number of benzene rings is 1. The third kappa shape index (κ3) is 9.71. The Bertz CT molecular complexity index is 812. The van der Waals surface area contributed by atoms with E-state index in [1.165, 1.54) is 11.3 Å². The standard InChI is InChI=1S/C24H37N3O3S.2ClH/c1-6-26(7-2)15-14-25-24(28)23-13-12-22(31-23)19-10-11-20(21(18-19)29-5)30-17-16-27(8-3)9-4;;/h10-13,18H,6-9,14-17H2,1-5H3,(H,25,28);2*1H. The number of likely N-dealkylation sites (N-methyl/N-ethyl adjacent to an activating group) is 2. The number of carbonyl (C=O) groups excluding carboxylic acids is 1. The Morgan fingerprint density at radius 2 is 1.55 bits per heavy atom. The first kappa shape index (κ1) is 31.5. The van der Waals surface area contributed by atoms with Crippen molar-refractivity contribution in [3.8, 4) is 21.9 Å². The maximum Gasteiger partial charge on any atom is 0.261 e. The molecule has 0 bridgehead atoms. The van der Waals surface area contributed by atoms with Crippen LogP contribution >= 0.6 is 36.2 Å². The maximum atomic E-state index is 12.5. The summed E-state index contributed by atoms with van der Waals surface area (Å²) in [5, 5.41) is 3.02. The Labute approximate surface area is 215 Å². The highest BCUT2D eigenvalue weighted by Gasteiger charge is 2.13. The zero-order valence-corrected chi connectivity index (χ0v) is 22.8. The van der Waals surface area contributed by atoms with Crippen molar-refractivity contribution in [2.75, 3.05) is 59.5 Å². The Hall–Kier alpha value is -1.51. The molecular weight excluding hydrogens is 481 g/mol. The summed E-state index contributed by atoms with van der Waals surface area (Å²) in [4.78, 5) is 18.8. The molecule has 0 saturated carbocycles. The van der Waals surface area contributed by atoms with Gasteiger partial charge in [0.1, 0.15) is 6.61 Å². The fourth-order valence-corrected chi connectivity index (χ4v) is 4.25. The van der Waals surface area contributed by atoms with Gasteiger partial charge in [0.25, 0.3) is 5.91 Å². The van der Waals surface area contributed by atoms with E-state index in [1.54, 1.807) is 7.11 Å². The largest absolute Gasteiger partial charge is 0.493 e. The molecule has 1 N–H and O–H groups in total. The van der Waals surface area contributed by atoms with Gasteiger partial charge in [-0.2, -0.15) is 0 Å². The highest BCUT2D eigenvalue weighted by atomic mass is 35.5. The van der Waals surface area contributed by atoms with Gasteiger partial charge in [-0.25, -0.2) is 0 Å². The lowest BCUT2D eigenvalue weighted by molar-refractivity contribution is 0.0953. The van der Waals surface area contributed by atoms with Crippen molar-refractivity contribution >= 4 is 42.1 Å². The smallest absolute Gasteiger partial charge is 0.261 e. The minimum absolute atomic E-state index is 0. The van der Waals surface area contributed by atoms with E-state index in [0.29, 0.717) is 23.8 Å². The summed E-state index contributed by atoms with van der Waals surface area (Å²) >= 11 is 1.49. The predicted molar refractivity (Wildman–Crippen MR) is 144 cm³/mol. The molecule has 0 aliphatic rings. The maximum absolute atomic E-state index is 12.5. The monoisotopic (exact) mass is 519 g/mol. The molecule has 1 amide bonds. The third-order valence-corrected chi connectivity index (χ3v) is 6.58. The van der Waals surface area contributed by atoms with Crippen LogP contribution in [0.2, 0.25) is 0 Å². The fraction of sp³-hybridized carbons (Fsp3) is 0.542. The topological polar surface area (TPSA) is 54.0 Å². The van der Waals surface area contributed by atoms with Crippen molar-refractivity contribution in [3.63, 3.8) is 0 Å². The molecule has 6 nitrogen and oxygen atoms in total. The van der Waals surface area contributed by atoms with E-state index in [9.17, 15) is 4.79 Å². The number of amides is 1. The van der Waals surface area contributed by atoms with Gasteiger partial charge in [0.05, 0.1) is 12.0 Å². The van der Waals surface area contributed by atoms with Crippen LogP contribution in [0.1, 0.15) is 37.4 Å². The minimum Gasteiger partial charge on any atom is -0.493 e. The van der Waals surface area contributed by atoms with E-state index in [-0.39, 0.29) is 30.7 Å². The molecule has 0 aliphatic carbocycles. The van der Waals surface area contributed by atoms with Crippen LogP contribution < -0.4 is 14.8 Å². The van der Waals surface area contributed by atoms with Gasteiger partial charge in [0.2, 0.25) is 0 Å². The van der Waals surface area contributed by atoms with E-state index >= 15 is 0 Å². The number of methoxy groups -OCH3 is 1. The number of carbonyl (C=O) groups is 1. The van der Waals surface area contributed by atoms with Gasteiger partial charge in [-0.3, -0.25) is 4.79 Å². The second kappa shape index (κ2) is 17.0. The summed E-state index contributed by atoms with van der Waals surface area (Å²) in [6.45, 7) is 15.6. The minimum atomic E-state index is -0.0215. The normalized spacial score (nSPS) is 10.5. The molecule has 0 saturated heterocycles. The number of nitrogens with zero attached hydrogens (tertiary/aromatic N) is 2. The van der Waals surface area contributed by atoms with Gasteiger partial charge in [0, 0.05) is 24.5 Å². The van der Waals surface area contributed by atoms with Crippen LogP contribution in [0.4, 0.5) is 0 Å². The van der Waals surface area contributed by atoms with Crippen molar-refractivity contribution in [1.82, 2.24) is 15.1 Å². The number of hydrogen-bond donors (Lipinski definition) is 1. The summed E-state index contributed by atoms with van der Waals surface area (Å²) in [6, 6.07) is 9.80. The molecule has 0 spiro atoms. The van der Waals surface area contributed by atoms with Crippen molar-refractivity contribution in [2.24, 2.45) is 0 Å². The second-order valence-corrected chi connectivity index (χ2v) is 8.27. The third-order valence-electron chi connectivity index (χ3n) is 5.45. The molecule has 0 aliphatic heterocycles.